The Hall–Kier alpha value is -2.23. The number of hydrogen-bond donors (Lipinski definition) is 1. The topological polar surface area (TPSA) is 65.5 Å². The second kappa shape index (κ2) is 4.33. The summed E-state index contributed by atoms with van der Waals surface area (Å²) >= 11 is 0. The van der Waals surface area contributed by atoms with Crippen LogP contribution in [0.2, 0.25) is 0 Å². The molecule has 0 radical (unpaired) electrons. The molecule has 0 amide bonds. The van der Waals surface area contributed by atoms with E-state index in [4.69, 9.17) is 14.9 Å². The number of anilines is 1. The second-order valence-corrected chi connectivity index (χ2v) is 3.79. The summed E-state index contributed by atoms with van der Waals surface area (Å²) in [6.45, 7) is 3.85. The van der Waals surface area contributed by atoms with Crippen LogP contribution in [0.1, 0.15) is 21.7 Å². The van der Waals surface area contributed by atoms with E-state index in [0.717, 1.165) is 11.1 Å². The van der Waals surface area contributed by atoms with Gasteiger partial charge in [0.05, 0.1) is 0 Å². The minimum absolute atomic E-state index is 0.100. The van der Waals surface area contributed by atoms with Crippen LogP contribution in [-0.2, 0) is 0 Å². The first-order valence-electron chi connectivity index (χ1n) is 5.21. The number of nitrogen functional groups attached to an aromatic ring is 1. The highest BCUT2D eigenvalue weighted by Crippen LogP contribution is 2.22. The lowest BCUT2D eigenvalue weighted by Crippen LogP contribution is -2.08. The Morgan fingerprint density at radius 3 is 2.65 bits per heavy atom. The molecule has 0 saturated carbocycles. The van der Waals surface area contributed by atoms with Crippen molar-refractivity contribution in [2.45, 2.75) is 13.8 Å². The van der Waals surface area contributed by atoms with E-state index >= 15 is 0 Å². The van der Waals surface area contributed by atoms with E-state index in [2.05, 4.69) is 0 Å². The molecule has 0 aliphatic heterocycles. The van der Waals surface area contributed by atoms with Crippen LogP contribution in [-0.4, -0.2) is 5.97 Å². The van der Waals surface area contributed by atoms with Crippen molar-refractivity contribution in [1.82, 2.24) is 0 Å². The monoisotopic (exact) mass is 231 g/mol. The maximum Gasteiger partial charge on any atom is 0.379 e. The van der Waals surface area contributed by atoms with Gasteiger partial charge in [0.2, 0.25) is 5.76 Å². The first-order valence-corrected chi connectivity index (χ1v) is 5.21. The van der Waals surface area contributed by atoms with Crippen LogP contribution < -0.4 is 10.5 Å². The number of furan rings is 1. The molecule has 0 bridgehead atoms. The van der Waals surface area contributed by atoms with Crippen LogP contribution in [0.15, 0.2) is 34.7 Å². The number of carbonyl (C=O) groups excluding carboxylic acids is 1. The van der Waals surface area contributed by atoms with Crippen LogP contribution >= 0.6 is 0 Å². The fraction of sp³-hybridized carbons (Fsp3) is 0.154. The highest BCUT2D eigenvalue weighted by molar-refractivity contribution is 5.88. The summed E-state index contributed by atoms with van der Waals surface area (Å²) < 4.78 is 10.2. The third-order valence-electron chi connectivity index (χ3n) is 2.59. The number of ether oxygens (including phenoxy) is 1. The zero-order valence-electron chi connectivity index (χ0n) is 9.69. The summed E-state index contributed by atoms with van der Waals surface area (Å²) in [5.74, 6) is 0.279. The molecular formula is C13H13NO3. The number of benzene rings is 1. The average Bonchev–Trinajstić information content (AvgIpc) is 2.72. The lowest BCUT2D eigenvalue weighted by Gasteiger charge is -2.07. The van der Waals surface area contributed by atoms with Gasteiger partial charge in [-0.2, -0.15) is 0 Å². The van der Waals surface area contributed by atoms with Crippen molar-refractivity contribution in [2.75, 3.05) is 5.73 Å². The number of carbonyl (C=O) groups is 1. The average molecular weight is 231 g/mol. The molecule has 4 nitrogen and oxygen atoms in total. The maximum atomic E-state index is 11.7. The molecule has 0 fully saturated rings. The summed E-state index contributed by atoms with van der Waals surface area (Å²) in [5.41, 5.74) is 7.38. The summed E-state index contributed by atoms with van der Waals surface area (Å²) in [4.78, 5) is 11.7. The molecule has 88 valence electrons. The zero-order valence-corrected chi connectivity index (χ0v) is 9.69. The van der Waals surface area contributed by atoms with E-state index in [1.54, 1.807) is 6.07 Å². The third-order valence-corrected chi connectivity index (χ3v) is 2.59. The predicted molar refractivity (Wildman–Crippen MR) is 64.0 cm³/mol. The standard InChI is InChI=1S/C13H13NO3/c1-8-4-3-5-10(9(8)2)17-13(15)11-6-7-12(14)16-11/h3-7H,14H2,1-2H3. The van der Waals surface area contributed by atoms with Gasteiger partial charge in [-0.1, -0.05) is 12.1 Å². The van der Waals surface area contributed by atoms with Crippen LogP contribution in [0.5, 0.6) is 5.75 Å². The third kappa shape index (κ3) is 2.30. The molecule has 17 heavy (non-hydrogen) atoms. The molecule has 2 rings (SSSR count). The van der Waals surface area contributed by atoms with Crippen molar-refractivity contribution in [2.24, 2.45) is 0 Å². The fourth-order valence-corrected chi connectivity index (χ4v) is 1.45. The molecule has 0 aliphatic rings. The van der Waals surface area contributed by atoms with Crippen molar-refractivity contribution < 1.29 is 13.9 Å². The predicted octanol–water partition coefficient (Wildman–Crippen LogP) is 2.70. The van der Waals surface area contributed by atoms with Gasteiger partial charge in [0.1, 0.15) is 5.75 Å². The van der Waals surface area contributed by atoms with Gasteiger partial charge in [-0.25, -0.2) is 4.79 Å². The first-order chi connectivity index (χ1) is 8.08. The largest absolute Gasteiger partial charge is 0.434 e. The zero-order chi connectivity index (χ0) is 12.4. The van der Waals surface area contributed by atoms with Gasteiger partial charge in [0.15, 0.2) is 5.88 Å². The molecule has 1 aromatic carbocycles. The lowest BCUT2D eigenvalue weighted by molar-refractivity contribution is 0.0701. The van der Waals surface area contributed by atoms with Gasteiger partial charge in [-0.05, 0) is 37.1 Å². The number of nitrogens with two attached hydrogens (primary N) is 1. The fourth-order valence-electron chi connectivity index (χ4n) is 1.45. The molecule has 0 spiro atoms. The summed E-state index contributed by atoms with van der Waals surface area (Å²) in [5, 5.41) is 0. The molecule has 1 aromatic heterocycles. The minimum Gasteiger partial charge on any atom is -0.434 e. The molecule has 0 atom stereocenters. The van der Waals surface area contributed by atoms with Crippen molar-refractivity contribution in [3.63, 3.8) is 0 Å². The summed E-state index contributed by atoms with van der Waals surface area (Å²) in [6.07, 6.45) is 0. The van der Waals surface area contributed by atoms with Crippen LogP contribution in [0.3, 0.4) is 0 Å². The number of esters is 1. The number of hydrogen-bond acceptors (Lipinski definition) is 4. The molecule has 0 saturated heterocycles. The number of rotatable bonds is 2. The van der Waals surface area contributed by atoms with E-state index < -0.39 is 5.97 Å². The first kappa shape index (κ1) is 11.3. The van der Waals surface area contributed by atoms with Gasteiger partial charge >= 0.3 is 5.97 Å². The van der Waals surface area contributed by atoms with Crippen molar-refractivity contribution in [3.05, 3.63) is 47.2 Å². The minimum atomic E-state index is -0.546. The second-order valence-electron chi connectivity index (χ2n) is 3.79. The SMILES string of the molecule is Cc1cccc(OC(=O)c2ccc(N)o2)c1C. The van der Waals surface area contributed by atoms with Gasteiger partial charge in [-0.15, -0.1) is 0 Å². The Kier molecular flexibility index (Phi) is 2.87. The quantitative estimate of drug-likeness (QED) is 0.637. The van der Waals surface area contributed by atoms with E-state index in [1.807, 2.05) is 26.0 Å². The van der Waals surface area contributed by atoms with E-state index in [9.17, 15) is 4.79 Å². The Balaban J connectivity index is 2.21. The molecule has 2 N–H and O–H groups in total. The smallest absolute Gasteiger partial charge is 0.379 e. The van der Waals surface area contributed by atoms with Crippen LogP contribution in [0.4, 0.5) is 5.88 Å². The normalized spacial score (nSPS) is 10.2. The maximum absolute atomic E-state index is 11.7. The van der Waals surface area contributed by atoms with Gasteiger partial charge in [0.25, 0.3) is 0 Å². The van der Waals surface area contributed by atoms with E-state index in [-0.39, 0.29) is 11.6 Å². The van der Waals surface area contributed by atoms with E-state index in [1.165, 1.54) is 12.1 Å². The number of aryl methyl sites for hydroxylation is 1. The van der Waals surface area contributed by atoms with Crippen molar-refractivity contribution >= 4 is 11.9 Å². The van der Waals surface area contributed by atoms with Gasteiger partial charge in [-0.3, -0.25) is 0 Å². The highest BCUT2D eigenvalue weighted by Gasteiger charge is 2.14. The molecule has 0 unspecified atom stereocenters. The van der Waals surface area contributed by atoms with Crippen LogP contribution in [0, 0.1) is 13.8 Å². The molecular weight excluding hydrogens is 218 g/mol. The molecule has 4 heteroatoms. The summed E-state index contributed by atoms with van der Waals surface area (Å²) in [6, 6.07) is 8.54. The van der Waals surface area contributed by atoms with Gasteiger partial charge < -0.3 is 14.9 Å². The molecule has 1 heterocycles. The lowest BCUT2D eigenvalue weighted by atomic mass is 10.1. The van der Waals surface area contributed by atoms with E-state index in [0.29, 0.717) is 5.75 Å². The molecule has 0 aliphatic carbocycles. The highest BCUT2D eigenvalue weighted by atomic mass is 16.5. The van der Waals surface area contributed by atoms with Crippen molar-refractivity contribution in [1.29, 1.82) is 0 Å². The Labute approximate surface area is 99.0 Å². The Bertz CT molecular complexity index is 558. The summed E-state index contributed by atoms with van der Waals surface area (Å²) in [7, 11) is 0. The van der Waals surface area contributed by atoms with Crippen LogP contribution in [0.25, 0.3) is 0 Å². The van der Waals surface area contributed by atoms with Crippen molar-refractivity contribution in [3.8, 4) is 5.75 Å². The Morgan fingerprint density at radius 2 is 2.00 bits per heavy atom. The Morgan fingerprint density at radius 1 is 1.24 bits per heavy atom. The molecule has 2 aromatic rings. The van der Waals surface area contributed by atoms with Gasteiger partial charge in [0, 0.05) is 6.07 Å².